The number of benzene rings is 2. The second-order valence-electron chi connectivity index (χ2n) is 11.6. The number of amides is 3. The molecule has 242 valence electrons. The highest BCUT2D eigenvalue weighted by Crippen LogP contribution is 2.25. The number of piperidine rings is 1. The number of carbonyl (C=O) groups is 3. The predicted molar refractivity (Wildman–Crippen MR) is 159 cm³/mol. The van der Waals surface area contributed by atoms with Crippen molar-refractivity contribution in [3.8, 4) is 5.75 Å². The van der Waals surface area contributed by atoms with Gasteiger partial charge in [0, 0.05) is 39.1 Å². The highest BCUT2D eigenvalue weighted by molar-refractivity contribution is 7.89. The highest BCUT2D eigenvalue weighted by Gasteiger charge is 2.33. The van der Waals surface area contributed by atoms with Gasteiger partial charge in [0.2, 0.25) is 15.9 Å². The van der Waals surface area contributed by atoms with Crippen LogP contribution in [0.15, 0.2) is 53.4 Å². The molecule has 0 saturated carbocycles. The summed E-state index contributed by atoms with van der Waals surface area (Å²) in [5.74, 6) is -2.29. The normalized spacial score (nSPS) is 15.0. The van der Waals surface area contributed by atoms with Crippen LogP contribution >= 0.6 is 0 Å². The average molecular weight is 637 g/mol. The molecule has 1 atom stereocenters. The van der Waals surface area contributed by atoms with Gasteiger partial charge in [0.15, 0.2) is 0 Å². The smallest absolute Gasteiger partial charge is 0.407 e. The molecule has 12 nitrogen and oxygen atoms in total. The van der Waals surface area contributed by atoms with Gasteiger partial charge in [-0.15, -0.1) is 0 Å². The molecule has 1 aliphatic rings. The second kappa shape index (κ2) is 15.3. The van der Waals surface area contributed by atoms with E-state index in [9.17, 15) is 32.4 Å². The number of ether oxygens (including phenoxy) is 2. The van der Waals surface area contributed by atoms with E-state index in [4.69, 9.17) is 9.47 Å². The fourth-order valence-electron chi connectivity index (χ4n) is 4.83. The van der Waals surface area contributed by atoms with E-state index in [2.05, 4.69) is 5.32 Å². The van der Waals surface area contributed by atoms with Gasteiger partial charge in [0.25, 0.3) is 5.91 Å². The molecule has 0 bridgehead atoms. The van der Waals surface area contributed by atoms with Crippen molar-refractivity contribution in [1.82, 2.24) is 20.0 Å². The maximum absolute atomic E-state index is 13.8. The molecule has 2 aromatic rings. The molecule has 2 aromatic carbocycles. The van der Waals surface area contributed by atoms with Crippen LogP contribution in [0.4, 0.5) is 9.18 Å². The first kappa shape index (κ1) is 34.7. The van der Waals surface area contributed by atoms with Crippen molar-refractivity contribution in [3.63, 3.8) is 0 Å². The number of halogens is 1. The molecule has 3 amide bonds. The topological polar surface area (TPSA) is 155 Å². The molecule has 1 saturated heterocycles. The van der Waals surface area contributed by atoms with E-state index in [-0.39, 0.29) is 35.2 Å². The van der Waals surface area contributed by atoms with Crippen molar-refractivity contribution in [2.45, 2.75) is 56.4 Å². The molecule has 1 fully saturated rings. The number of carbonyl (C=O) groups excluding carboxylic acids is 3. The number of hydroxylamine groups is 1. The molecular weight excluding hydrogens is 595 g/mol. The Morgan fingerprint density at radius 3 is 2.23 bits per heavy atom. The fourth-order valence-corrected chi connectivity index (χ4v) is 6.28. The van der Waals surface area contributed by atoms with Gasteiger partial charge >= 0.3 is 6.09 Å². The number of methoxy groups -OCH3 is 1. The molecule has 0 radical (unpaired) electrons. The van der Waals surface area contributed by atoms with Gasteiger partial charge in [-0.3, -0.25) is 14.8 Å². The minimum Gasteiger partial charge on any atom is -0.497 e. The van der Waals surface area contributed by atoms with Gasteiger partial charge in [0.1, 0.15) is 17.2 Å². The summed E-state index contributed by atoms with van der Waals surface area (Å²) in [7, 11) is -2.78. The van der Waals surface area contributed by atoms with Gasteiger partial charge in [-0.25, -0.2) is 23.1 Å². The van der Waals surface area contributed by atoms with Crippen molar-refractivity contribution >= 4 is 27.9 Å². The Balaban J connectivity index is 1.71. The van der Waals surface area contributed by atoms with Gasteiger partial charge in [-0.05, 0) is 81.5 Å². The molecule has 14 heteroatoms. The number of nitrogens with one attached hydrogen (secondary N) is 2. The summed E-state index contributed by atoms with van der Waals surface area (Å²) in [5.41, 5.74) is 1.24. The van der Waals surface area contributed by atoms with Crippen LogP contribution in [-0.2, 0) is 24.3 Å². The average Bonchev–Trinajstić information content (AvgIpc) is 2.99. The van der Waals surface area contributed by atoms with E-state index in [1.54, 1.807) is 31.2 Å². The van der Waals surface area contributed by atoms with Crippen molar-refractivity contribution in [1.29, 1.82) is 0 Å². The van der Waals surface area contributed by atoms with E-state index >= 15 is 0 Å². The third-order valence-corrected chi connectivity index (χ3v) is 9.14. The molecule has 3 N–H and O–H groups in total. The molecule has 1 aliphatic heterocycles. The molecule has 44 heavy (non-hydrogen) atoms. The number of hydrogen-bond acceptors (Lipinski definition) is 8. The molecule has 1 heterocycles. The van der Waals surface area contributed by atoms with Gasteiger partial charge in [-0.1, -0.05) is 12.1 Å². The second-order valence-corrected chi connectivity index (χ2v) is 13.5. The van der Waals surface area contributed by atoms with E-state index in [0.717, 1.165) is 16.4 Å². The summed E-state index contributed by atoms with van der Waals surface area (Å²) in [6.45, 7) is 5.98. The Kier molecular flexibility index (Phi) is 12.1. The van der Waals surface area contributed by atoms with Crippen LogP contribution in [0.5, 0.6) is 5.75 Å². The zero-order valence-electron chi connectivity index (χ0n) is 25.4. The lowest BCUT2D eigenvalue weighted by Gasteiger charge is -2.33. The third-order valence-electron chi connectivity index (χ3n) is 7.26. The first-order valence-electron chi connectivity index (χ1n) is 14.3. The first-order valence-corrected chi connectivity index (χ1v) is 15.8. The maximum atomic E-state index is 13.8. The first-order chi connectivity index (χ1) is 20.7. The maximum Gasteiger partial charge on any atom is 0.407 e. The zero-order chi connectivity index (χ0) is 32.5. The number of nitrogens with zero attached hydrogens (tertiary/aromatic N) is 2. The fraction of sp³-hybridized carbons (Fsp3) is 0.500. The Bertz CT molecular complexity index is 1370. The van der Waals surface area contributed by atoms with Crippen LogP contribution in [-0.4, -0.2) is 86.2 Å². The lowest BCUT2D eigenvalue weighted by atomic mass is 9.96. The van der Waals surface area contributed by atoms with Crippen LogP contribution in [0.25, 0.3) is 0 Å². The van der Waals surface area contributed by atoms with Crippen molar-refractivity contribution in [2.75, 3.05) is 39.8 Å². The Morgan fingerprint density at radius 2 is 1.68 bits per heavy atom. The number of alkyl carbamates (subject to hydrolysis) is 1. The SMILES string of the molecule is COc1ccc(S(=O)(=O)N(CCC(=O)N2CCC(CNC(=O)OC(C)(C)C)CC2)CC(C(=O)NO)c2ccc(F)cc2)cc1. The van der Waals surface area contributed by atoms with Crippen LogP contribution in [0, 0.1) is 11.7 Å². The Hall–Kier alpha value is -3.75. The summed E-state index contributed by atoms with van der Waals surface area (Å²) >= 11 is 0. The molecular formula is C30H41FN4O8S. The summed E-state index contributed by atoms with van der Waals surface area (Å²) in [6.07, 6.45) is 0.646. The predicted octanol–water partition coefficient (Wildman–Crippen LogP) is 3.27. The summed E-state index contributed by atoms with van der Waals surface area (Å²) in [4.78, 5) is 39.4. The molecule has 0 aromatic heterocycles. The van der Waals surface area contributed by atoms with Gasteiger partial charge in [-0.2, -0.15) is 4.31 Å². The van der Waals surface area contributed by atoms with E-state index < -0.39 is 45.9 Å². The third kappa shape index (κ3) is 9.89. The molecule has 0 aliphatic carbocycles. The Morgan fingerprint density at radius 1 is 1.07 bits per heavy atom. The van der Waals surface area contributed by atoms with Crippen molar-refractivity contribution in [3.05, 3.63) is 59.9 Å². The quantitative estimate of drug-likeness (QED) is 0.237. The molecule has 1 unspecified atom stereocenters. The van der Waals surface area contributed by atoms with Crippen LogP contribution in [0.1, 0.15) is 51.5 Å². The van der Waals surface area contributed by atoms with E-state index in [0.29, 0.717) is 38.2 Å². The highest BCUT2D eigenvalue weighted by atomic mass is 32.2. The van der Waals surface area contributed by atoms with E-state index in [1.807, 2.05) is 0 Å². The van der Waals surface area contributed by atoms with Gasteiger partial charge in [0.05, 0.1) is 17.9 Å². The minimum atomic E-state index is -4.22. The number of hydrogen-bond donors (Lipinski definition) is 3. The van der Waals surface area contributed by atoms with Crippen molar-refractivity contribution in [2.24, 2.45) is 5.92 Å². The standard InChI is InChI=1S/C30H41FN4O8S/c1-30(2,3)43-29(38)32-19-21-13-16-34(17-14-21)27(36)15-18-35(44(40,41)25-11-9-24(42-4)10-12-25)20-26(28(37)33-39)22-5-7-23(31)8-6-22/h5-12,21,26,39H,13-20H2,1-4H3,(H,32,38)(H,33,37). The minimum absolute atomic E-state index is 0.0775. The zero-order valence-corrected chi connectivity index (χ0v) is 26.2. The number of likely N-dealkylation sites (tertiary alicyclic amines) is 1. The van der Waals surface area contributed by atoms with Crippen LogP contribution < -0.4 is 15.5 Å². The number of rotatable bonds is 12. The van der Waals surface area contributed by atoms with Crippen LogP contribution in [0.2, 0.25) is 0 Å². The largest absolute Gasteiger partial charge is 0.497 e. The van der Waals surface area contributed by atoms with Gasteiger partial charge < -0.3 is 19.7 Å². The number of sulfonamides is 1. The lowest BCUT2D eigenvalue weighted by Crippen LogP contribution is -2.44. The summed E-state index contributed by atoms with van der Waals surface area (Å²) in [6, 6.07) is 10.6. The molecule has 0 spiro atoms. The summed E-state index contributed by atoms with van der Waals surface area (Å²) in [5, 5.41) is 12.2. The van der Waals surface area contributed by atoms with Crippen LogP contribution in [0.3, 0.4) is 0 Å². The van der Waals surface area contributed by atoms with Crippen molar-refractivity contribution < 1.29 is 41.9 Å². The Labute approximate surface area is 257 Å². The van der Waals surface area contributed by atoms with E-state index in [1.165, 1.54) is 43.5 Å². The monoisotopic (exact) mass is 636 g/mol. The lowest BCUT2D eigenvalue weighted by molar-refractivity contribution is -0.132. The summed E-state index contributed by atoms with van der Waals surface area (Å²) < 4.78 is 52.5. The molecule has 3 rings (SSSR count).